The fraction of sp³-hybridized carbons (Fsp3) is 0.217. The van der Waals surface area contributed by atoms with E-state index < -0.39 is 0 Å². The van der Waals surface area contributed by atoms with Crippen LogP contribution in [-0.2, 0) is 4.79 Å². The third kappa shape index (κ3) is 3.75. The number of piperidine rings is 1. The molecular formula is C23H24N4O. The summed E-state index contributed by atoms with van der Waals surface area (Å²) in [7, 11) is 0. The van der Waals surface area contributed by atoms with Crippen molar-refractivity contribution < 1.29 is 4.79 Å². The first kappa shape index (κ1) is 18.2. The number of benzene rings is 3. The minimum Gasteiger partial charge on any atom is -0.398 e. The van der Waals surface area contributed by atoms with Gasteiger partial charge in [-0.1, -0.05) is 36.4 Å². The molecule has 3 aromatic rings. The quantitative estimate of drug-likeness (QED) is 0.415. The lowest BCUT2D eigenvalue weighted by Gasteiger charge is -2.22. The number of hydrogen-bond donors (Lipinski definition) is 4. The molecule has 1 saturated heterocycles. The second-order valence-electron chi connectivity index (χ2n) is 7.25. The van der Waals surface area contributed by atoms with Crippen LogP contribution in [-0.4, -0.2) is 24.7 Å². The minimum atomic E-state index is 0.0298. The van der Waals surface area contributed by atoms with E-state index in [0.29, 0.717) is 22.6 Å². The molecule has 0 aliphatic carbocycles. The Morgan fingerprint density at radius 3 is 2.54 bits per heavy atom. The topological polar surface area (TPSA) is 91.0 Å². The van der Waals surface area contributed by atoms with Gasteiger partial charge in [0.05, 0.1) is 5.71 Å². The maximum absolute atomic E-state index is 12.5. The fourth-order valence-electron chi connectivity index (χ4n) is 3.68. The molecule has 4 rings (SSSR count). The molecule has 0 atom stereocenters. The smallest absolute Gasteiger partial charge is 0.227 e. The third-order valence-electron chi connectivity index (χ3n) is 5.34. The molecule has 3 aromatic carbocycles. The molecule has 0 bridgehead atoms. The second kappa shape index (κ2) is 7.82. The van der Waals surface area contributed by atoms with Gasteiger partial charge in [0.25, 0.3) is 0 Å². The molecule has 0 spiro atoms. The summed E-state index contributed by atoms with van der Waals surface area (Å²) in [5.41, 5.74) is 9.13. The van der Waals surface area contributed by atoms with Crippen LogP contribution in [0.1, 0.15) is 24.0 Å². The maximum Gasteiger partial charge on any atom is 0.227 e. The first-order chi connectivity index (χ1) is 13.6. The first-order valence-electron chi connectivity index (χ1n) is 9.61. The van der Waals surface area contributed by atoms with Gasteiger partial charge in [0.2, 0.25) is 5.91 Å². The number of carbonyl (C=O) groups is 1. The zero-order chi connectivity index (χ0) is 19.5. The predicted molar refractivity (Wildman–Crippen MR) is 115 cm³/mol. The van der Waals surface area contributed by atoms with Crippen molar-refractivity contribution >= 4 is 33.8 Å². The first-order valence-corrected chi connectivity index (χ1v) is 9.61. The van der Waals surface area contributed by atoms with Gasteiger partial charge in [0.15, 0.2) is 0 Å². The van der Waals surface area contributed by atoms with Crippen molar-refractivity contribution in [1.29, 1.82) is 5.41 Å². The van der Waals surface area contributed by atoms with E-state index in [4.69, 9.17) is 11.1 Å². The van der Waals surface area contributed by atoms with Gasteiger partial charge < -0.3 is 16.4 Å². The number of rotatable bonds is 4. The van der Waals surface area contributed by atoms with Crippen LogP contribution in [0.4, 0.5) is 11.4 Å². The minimum absolute atomic E-state index is 0.0298. The zero-order valence-corrected chi connectivity index (χ0v) is 15.7. The van der Waals surface area contributed by atoms with Crippen LogP contribution in [0.25, 0.3) is 10.8 Å². The van der Waals surface area contributed by atoms with Crippen LogP contribution < -0.4 is 16.4 Å². The Labute approximate surface area is 164 Å². The normalized spacial score (nSPS) is 14.7. The van der Waals surface area contributed by atoms with Crippen LogP contribution >= 0.6 is 0 Å². The number of fused-ring (bicyclic) bond motifs is 1. The Balaban J connectivity index is 1.58. The Morgan fingerprint density at radius 2 is 1.75 bits per heavy atom. The lowest BCUT2D eigenvalue weighted by atomic mass is 9.96. The van der Waals surface area contributed by atoms with Crippen LogP contribution in [0.5, 0.6) is 0 Å². The molecule has 5 N–H and O–H groups in total. The molecule has 1 fully saturated rings. The molecule has 5 nitrogen and oxygen atoms in total. The number of anilines is 2. The average molecular weight is 372 g/mol. The zero-order valence-electron chi connectivity index (χ0n) is 15.7. The average Bonchev–Trinajstić information content (AvgIpc) is 2.75. The number of nitrogens with two attached hydrogens (primary N) is 1. The van der Waals surface area contributed by atoms with Gasteiger partial charge in [-0.3, -0.25) is 10.2 Å². The molecule has 142 valence electrons. The molecule has 0 aromatic heterocycles. The standard InChI is InChI=1S/C23H24N4O/c24-21-8-7-19(27-23(28)16-9-11-26-12-10-16)14-20(21)22(25)18-6-5-15-3-1-2-4-17(15)13-18/h1-8,13-14,16,25-26H,9-12,24H2,(H,27,28). The highest BCUT2D eigenvalue weighted by Crippen LogP contribution is 2.24. The molecule has 1 aliphatic heterocycles. The summed E-state index contributed by atoms with van der Waals surface area (Å²) in [5.74, 6) is 0.0663. The Morgan fingerprint density at radius 1 is 1.00 bits per heavy atom. The van der Waals surface area contributed by atoms with E-state index in [9.17, 15) is 4.79 Å². The summed E-state index contributed by atoms with van der Waals surface area (Å²) in [5, 5.41) is 17.1. The fourth-order valence-corrected chi connectivity index (χ4v) is 3.68. The molecule has 0 radical (unpaired) electrons. The lowest BCUT2D eigenvalue weighted by molar-refractivity contribution is -0.120. The van der Waals surface area contributed by atoms with Gasteiger partial charge in [0.1, 0.15) is 0 Å². The summed E-state index contributed by atoms with van der Waals surface area (Å²) in [6.07, 6.45) is 1.70. The highest BCUT2D eigenvalue weighted by Gasteiger charge is 2.21. The van der Waals surface area contributed by atoms with Crippen LogP contribution in [0.3, 0.4) is 0 Å². The summed E-state index contributed by atoms with van der Waals surface area (Å²) in [4.78, 5) is 12.5. The summed E-state index contributed by atoms with van der Waals surface area (Å²) in [6, 6.07) is 19.4. The van der Waals surface area contributed by atoms with Crippen molar-refractivity contribution in [2.45, 2.75) is 12.8 Å². The summed E-state index contributed by atoms with van der Waals surface area (Å²) < 4.78 is 0. The number of amides is 1. The molecule has 1 heterocycles. The Bertz CT molecular complexity index is 1040. The van der Waals surface area contributed by atoms with Gasteiger partial charge in [0, 0.05) is 28.4 Å². The molecule has 5 heteroatoms. The maximum atomic E-state index is 12.5. The van der Waals surface area contributed by atoms with E-state index in [-0.39, 0.29) is 11.8 Å². The number of nitrogen functional groups attached to an aromatic ring is 1. The summed E-state index contributed by atoms with van der Waals surface area (Å²) in [6.45, 7) is 1.75. The molecular weight excluding hydrogens is 348 g/mol. The summed E-state index contributed by atoms with van der Waals surface area (Å²) >= 11 is 0. The van der Waals surface area contributed by atoms with Gasteiger partial charge in [-0.2, -0.15) is 0 Å². The number of nitrogens with one attached hydrogen (secondary N) is 3. The number of carbonyl (C=O) groups excluding carboxylic acids is 1. The van der Waals surface area contributed by atoms with Crippen molar-refractivity contribution in [2.24, 2.45) is 5.92 Å². The Kier molecular flexibility index (Phi) is 5.08. The molecule has 28 heavy (non-hydrogen) atoms. The van der Waals surface area contributed by atoms with E-state index >= 15 is 0 Å². The highest BCUT2D eigenvalue weighted by molar-refractivity contribution is 6.15. The van der Waals surface area contributed by atoms with Crippen LogP contribution in [0.2, 0.25) is 0 Å². The van der Waals surface area contributed by atoms with E-state index in [1.807, 2.05) is 42.5 Å². The van der Waals surface area contributed by atoms with Crippen LogP contribution in [0, 0.1) is 11.3 Å². The van der Waals surface area contributed by atoms with Crippen molar-refractivity contribution in [3.8, 4) is 0 Å². The molecule has 0 saturated carbocycles. The number of hydrogen-bond acceptors (Lipinski definition) is 4. The van der Waals surface area contributed by atoms with Crippen molar-refractivity contribution in [3.63, 3.8) is 0 Å². The van der Waals surface area contributed by atoms with Gasteiger partial charge in [-0.05, 0) is 61.0 Å². The van der Waals surface area contributed by atoms with E-state index in [1.165, 1.54) is 0 Å². The molecule has 0 unspecified atom stereocenters. The van der Waals surface area contributed by atoms with Crippen molar-refractivity contribution in [1.82, 2.24) is 5.32 Å². The molecule has 1 aliphatic rings. The predicted octanol–water partition coefficient (Wildman–Crippen LogP) is 3.78. The monoisotopic (exact) mass is 372 g/mol. The van der Waals surface area contributed by atoms with E-state index in [0.717, 1.165) is 42.3 Å². The van der Waals surface area contributed by atoms with Gasteiger partial charge in [-0.15, -0.1) is 0 Å². The van der Waals surface area contributed by atoms with Crippen molar-refractivity contribution in [2.75, 3.05) is 24.1 Å². The van der Waals surface area contributed by atoms with Gasteiger partial charge >= 0.3 is 0 Å². The van der Waals surface area contributed by atoms with Gasteiger partial charge in [-0.25, -0.2) is 0 Å². The van der Waals surface area contributed by atoms with E-state index in [1.54, 1.807) is 18.2 Å². The van der Waals surface area contributed by atoms with Crippen LogP contribution in [0.15, 0.2) is 60.7 Å². The largest absolute Gasteiger partial charge is 0.398 e. The van der Waals surface area contributed by atoms with Crippen molar-refractivity contribution in [3.05, 3.63) is 71.8 Å². The second-order valence-corrected chi connectivity index (χ2v) is 7.25. The highest BCUT2D eigenvalue weighted by atomic mass is 16.1. The third-order valence-corrected chi connectivity index (χ3v) is 5.34. The lowest BCUT2D eigenvalue weighted by Crippen LogP contribution is -2.34. The molecule has 1 amide bonds. The Hall–Kier alpha value is -3.18. The van der Waals surface area contributed by atoms with E-state index in [2.05, 4.69) is 10.6 Å². The SMILES string of the molecule is N=C(c1ccc2ccccc2c1)c1cc(NC(=O)C2CCNCC2)ccc1N.